The summed E-state index contributed by atoms with van der Waals surface area (Å²) in [5.41, 5.74) is 15.8. The van der Waals surface area contributed by atoms with Gasteiger partial charge in [-0.2, -0.15) is 0 Å². The number of benzene rings is 9. The van der Waals surface area contributed by atoms with E-state index in [2.05, 4.69) is 234 Å². The van der Waals surface area contributed by atoms with Gasteiger partial charge in [0.15, 0.2) is 0 Å². The smallest absolute Gasteiger partial charge is 0.0715 e. The van der Waals surface area contributed by atoms with Crippen LogP contribution in [0.3, 0.4) is 0 Å². The fourth-order valence-electron chi connectivity index (χ4n) is 9.71. The van der Waals surface area contributed by atoms with E-state index in [4.69, 9.17) is 4.98 Å². The Balaban J connectivity index is 0.958. The van der Waals surface area contributed by atoms with Gasteiger partial charge in [0.25, 0.3) is 0 Å². The maximum Gasteiger partial charge on any atom is 0.0715 e. The first-order valence-electron chi connectivity index (χ1n) is 21.4. The third-order valence-electron chi connectivity index (χ3n) is 12.7. The highest BCUT2D eigenvalue weighted by atomic mass is 32.1. The Labute approximate surface area is 368 Å². The SMILES string of the molecule is c1ccc(-c2ccc(-n3c4ccccc4c4cc5c6ccccc6n(-c6ccc(-c7cc(-c8ccc9sc%10ccccc%10c9c8)cc(-c8ccccc8)n7)cc6)c5cc43)cc2)cc1. The Hall–Kier alpha value is -8.05. The van der Waals surface area contributed by atoms with Crippen LogP contribution >= 0.6 is 11.3 Å². The number of para-hydroxylation sites is 2. The molecule has 0 aliphatic heterocycles. The van der Waals surface area contributed by atoms with Crippen LogP contribution in [0.2, 0.25) is 0 Å². The van der Waals surface area contributed by atoms with Crippen LogP contribution in [-0.4, -0.2) is 14.1 Å². The quantitative estimate of drug-likeness (QED) is 0.164. The molecular formula is C59H37N3S. The summed E-state index contributed by atoms with van der Waals surface area (Å²) in [7, 11) is 0. The number of fused-ring (bicyclic) bond motifs is 9. The molecule has 0 saturated heterocycles. The Morgan fingerprint density at radius 2 is 0.730 bits per heavy atom. The molecule has 0 aliphatic rings. The van der Waals surface area contributed by atoms with Crippen LogP contribution in [0, 0.1) is 0 Å². The lowest BCUT2D eigenvalue weighted by molar-refractivity contribution is 1.16. The minimum absolute atomic E-state index is 0.944. The molecule has 0 spiro atoms. The Bertz CT molecular complexity index is 3870. The monoisotopic (exact) mass is 819 g/mol. The summed E-state index contributed by atoms with van der Waals surface area (Å²) in [6, 6.07) is 81.5. The largest absolute Gasteiger partial charge is 0.309 e. The number of rotatable bonds is 6. The predicted molar refractivity (Wildman–Crippen MR) is 268 cm³/mol. The van der Waals surface area contributed by atoms with Crippen molar-refractivity contribution in [1.29, 1.82) is 0 Å². The average Bonchev–Trinajstić information content (AvgIpc) is 4.01. The molecule has 13 rings (SSSR count). The first-order valence-corrected chi connectivity index (χ1v) is 22.3. The zero-order chi connectivity index (χ0) is 41.4. The molecule has 4 aromatic heterocycles. The van der Waals surface area contributed by atoms with Gasteiger partial charge in [0.2, 0.25) is 0 Å². The Morgan fingerprint density at radius 3 is 1.35 bits per heavy atom. The third kappa shape index (κ3) is 5.84. The highest BCUT2D eigenvalue weighted by molar-refractivity contribution is 7.25. The average molecular weight is 820 g/mol. The Kier molecular flexibility index (Phi) is 8.08. The number of hydrogen-bond donors (Lipinski definition) is 0. The third-order valence-corrected chi connectivity index (χ3v) is 13.9. The standard InChI is InChI=1S/C59H37N3S/c1-3-13-38(14-4-1)39-23-28-44(29-24-39)61-54-20-10-7-17-46(54)49-36-50-47-18-8-11-21-55(47)62(57(50)37-56(49)61)45-30-25-41(26-31-45)53-35-43(34-52(60-53)40-15-5-2-6-16-40)42-27-32-59-51(33-42)48-19-9-12-22-58(48)63-59/h1-37H. The predicted octanol–water partition coefficient (Wildman–Crippen LogP) is 16.3. The van der Waals surface area contributed by atoms with Crippen molar-refractivity contribution in [1.82, 2.24) is 14.1 Å². The molecule has 0 fully saturated rings. The summed E-state index contributed by atoms with van der Waals surface area (Å²) in [5.74, 6) is 0. The number of pyridine rings is 1. The maximum atomic E-state index is 5.30. The van der Waals surface area contributed by atoms with E-state index in [9.17, 15) is 0 Å². The molecule has 9 aromatic carbocycles. The van der Waals surface area contributed by atoms with Crippen molar-refractivity contribution in [2.45, 2.75) is 0 Å². The lowest BCUT2D eigenvalue weighted by Gasteiger charge is -2.13. The molecule has 0 aliphatic carbocycles. The van der Waals surface area contributed by atoms with E-state index >= 15 is 0 Å². The molecule has 13 aromatic rings. The molecular weight excluding hydrogens is 783 g/mol. The summed E-state index contributed by atoms with van der Waals surface area (Å²) in [6.45, 7) is 0. The van der Waals surface area contributed by atoms with Crippen LogP contribution in [-0.2, 0) is 0 Å². The normalized spacial score (nSPS) is 11.8. The second-order valence-corrected chi connectivity index (χ2v) is 17.4. The van der Waals surface area contributed by atoms with E-state index in [1.807, 2.05) is 11.3 Å². The van der Waals surface area contributed by atoms with Crippen LogP contribution in [0.1, 0.15) is 0 Å². The van der Waals surface area contributed by atoms with Crippen molar-refractivity contribution in [3.8, 4) is 56.1 Å². The first-order chi connectivity index (χ1) is 31.2. The van der Waals surface area contributed by atoms with Crippen LogP contribution in [0.25, 0.3) is 120 Å². The van der Waals surface area contributed by atoms with Gasteiger partial charge in [-0.15, -0.1) is 11.3 Å². The van der Waals surface area contributed by atoms with E-state index in [1.165, 1.54) is 80.5 Å². The zero-order valence-electron chi connectivity index (χ0n) is 34.1. The molecule has 0 radical (unpaired) electrons. The fourth-order valence-corrected chi connectivity index (χ4v) is 10.8. The van der Waals surface area contributed by atoms with E-state index in [0.717, 1.165) is 39.5 Å². The molecule has 3 nitrogen and oxygen atoms in total. The van der Waals surface area contributed by atoms with Crippen LogP contribution in [0.15, 0.2) is 224 Å². The van der Waals surface area contributed by atoms with Gasteiger partial charge < -0.3 is 9.13 Å². The molecule has 0 saturated carbocycles. The zero-order valence-corrected chi connectivity index (χ0v) is 34.9. The highest BCUT2D eigenvalue weighted by Gasteiger charge is 2.19. The summed E-state index contributed by atoms with van der Waals surface area (Å²) >= 11 is 1.85. The molecule has 4 heterocycles. The van der Waals surface area contributed by atoms with Crippen LogP contribution < -0.4 is 0 Å². The summed E-state index contributed by atoms with van der Waals surface area (Å²) in [6.07, 6.45) is 0. The van der Waals surface area contributed by atoms with Crippen LogP contribution in [0.5, 0.6) is 0 Å². The maximum absolute atomic E-state index is 5.30. The number of nitrogens with zero attached hydrogens (tertiary/aromatic N) is 3. The van der Waals surface area contributed by atoms with Gasteiger partial charge in [-0.25, -0.2) is 4.98 Å². The van der Waals surface area contributed by atoms with E-state index in [1.54, 1.807) is 0 Å². The minimum atomic E-state index is 0.944. The lowest BCUT2D eigenvalue weighted by atomic mass is 9.98. The van der Waals surface area contributed by atoms with Gasteiger partial charge in [0.1, 0.15) is 0 Å². The van der Waals surface area contributed by atoms with Crippen molar-refractivity contribution in [3.63, 3.8) is 0 Å². The Morgan fingerprint density at radius 1 is 0.270 bits per heavy atom. The topological polar surface area (TPSA) is 22.8 Å². The number of aromatic nitrogens is 3. The van der Waals surface area contributed by atoms with Gasteiger partial charge in [0.05, 0.1) is 33.5 Å². The van der Waals surface area contributed by atoms with Gasteiger partial charge >= 0.3 is 0 Å². The molecule has 0 N–H and O–H groups in total. The van der Waals surface area contributed by atoms with E-state index in [-0.39, 0.29) is 0 Å². The molecule has 0 amide bonds. The second kappa shape index (κ2) is 14.3. The summed E-state index contributed by atoms with van der Waals surface area (Å²) in [4.78, 5) is 5.30. The van der Waals surface area contributed by atoms with Gasteiger partial charge in [-0.05, 0) is 101 Å². The number of hydrogen-bond acceptors (Lipinski definition) is 2. The molecule has 0 unspecified atom stereocenters. The molecule has 294 valence electrons. The number of thiophene rings is 1. The van der Waals surface area contributed by atoms with Crippen molar-refractivity contribution < 1.29 is 0 Å². The highest BCUT2D eigenvalue weighted by Crippen LogP contribution is 2.41. The van der Waals surface area contributed by atoms with Crippen molar-refractivity contribution in [3.05, 3.63) is 224 Å². The molecule has 0 bridgehead atoms. The lowest BCUT2D eigenvalue weighted by Crippen LogP contribution is -1.96. The second-order valence-electron chi connectivity index (χ2n) is 16.4. The molecule has 63 heavy (non-hydrogen) atoms. The van der Waals surface area contributed by atoms with Crippen molar-refractivity contribution in [2.75, 3.05) is 0 Å². The first kappa shape index (κ1) is 35.7. The van der Waals surface area contributed by atoms with Gasteiger partial charge in [-0.1, -0.05) is 146 Å². The summed E-state index contributed by atoms with van der Waals surface area (Å²) in [5, 5.41) is 7.56. The van der Waals surface area contributed by atoms with Crippen molar-refractivity contribution >= 4 is 75.1 Å². The van der Waals surface area contributed by atoms with E-state index in [0.29, 0.717) is 0 Å². The van der Waals surface area contributed by atoms with Gasteiger partial charge in [-0.3, -0.25) is 0 Å². The van der Waals surface area contributed by atoms with Crippen LogP contribution in [0.4, 0.5) is 0 Å². The molecule has 4 heteroatoms. The van der Waals surface area contributed by atoms with Gasteiger partial charge in [0, 0.05) is 64.2 Å². The summed E-state index contributed by atoms with van der Waals surface area (Å²) < 4.78 is 7.46. The molecule has 0 atom stereocenters. The minimum Gasteiger partial charge on any atom is -0.309 e. The van der Waals surface area contributed by atoms with E-state index < -0.39 is 0 Å². The fraction of sp³-hybridized carbons (Fsp3) is 0. The van der Waals surface area contributed by atoms with Crippen molar-refractivity contribution in [2.24, 2.45) is 0 Å².